The Morgan fingerprint density at radius 3 is 2.72 bits per heavy atom. The minimum absolute atomic E-state index is 0.743. The second kappa shape index (κ2) is 5.57. The lowest BCUT2D eigenvalue weighted by atomic mass is 10.1. The minimum atomic E-state index is 0.743. The van der Waals surface area contributed by atoms with E-state index in [0.29, 0.717) is 0 Å². The average Bonchev–Trinajstić information content (AvgIpc) is 2.73. The van der Waals surface area contributed by atoms with Gasteiger partial charge in [-0.05, 0) is 38.3 Å². The van der Waals surface area contributed by atoms with Crippen molar-refractivity contribution in [2.75, 3.05) is 18.5 Å². The van der Waals surface area contributed by atoms with E-state index in [1.165, 1.54) is 15.8 Å². The largest absolute Gasteiger partial charge is 0.491 e. The zero-order chi connectivity index (χ0) is 13.1. The number of nitrogens with one attached hydrogen (secondary N) is 1. The normalized spacial score (nSPS) is 10.9. The van der Waals surface area contributed by atoms with E-state index in [4.69, 9.17) is 4.74 Å². The molecule has 1 aromatic carbocycles. The van der Waals surface area contributed by atoms with Crippen molar-refractivity contribution in [3.8, 4) is 5.75 Å². The van der Waals surface area contributed by atoms with Crippen LogP contribution in [0.3, 0.4) is 0 Å². The van der Waals surface area contributed by atoms with Gasteiger partial charge in [-0.2, -0.15) is 0 Å². The second-order valence-electron chi connectivity index (χ2n) is 4.42. The van der Waals surface area contributed by atoms with Crippen LogP contribution in [0.15, 0.2) is 6.07 Å². The van der Waals surface area contributed by atoms with E-state index in [1.807, 2.05) is 0 Å². The van der Waals surface area contributed by atoms with Gasteiger partial charge in [0, 0.05) is 6.54 Å². The summed E-state index contributed by atoms with van der Waals surface area (Å²) in [6.07, 6.45) is 1.01. The summed E-state index contributed by atoms with van der Waals surface area (Å²) in [6.45, 7) is 10.1. The highest BCUT2D eigenvalue weighted by Crippen LogP contribution is 2.37. The highest BCUT2D eigenvalue weighted by atomic mass is 32.1. The molecule has 0 amide bonds. The summed E-state index contributed by atoms with van der Waals surface area (Å²) in [4.78, 5) is 4.66. The smallest absolute Gasteiger partial charge is 0.183 e. The fourth-order valence-corrected chi connectivity index (χ4v) is 3.00. The molecular formula is C14H20N2OS. The molecule has 0 bridgehead atoms. The summed E-state index contributed by atoms with van der Waals surface area (Å²) < 4.78 is 7.09. The number of fused-ring (bicyclic) bond motifs is 1. The number of hydrogen-bond acceptors (Lipinski definition) is 4. The summed E-state index contributed by atoms with van der Waals surface area (Å²) in [7, 11) is 0. The zero-order valence-electron chi connectivity index (χ0n) is 11.5. The Kier molecular flexibility index (Phi) is 4.07. The fraction of sp³-hybridized carbons (Fsp3) is 0.500. The van der Waals surface area contributed by atoms with Crippen LogP contribution in [0.2, 0.25) is 0 Å². The number of rotatable bonds is 5. The molecule has 0 saturated heterocycles. The Balaban J connectivity index is 2.53. The van der Waals surface area contributed by atoms with Crippen molar-refractivity contribution in [1.29, 1.82) is 0 Å². The molecule has 2 rings (SSSR count). The van der Waals surface area contributed by atoms with Gasteiger partial charge in [0.2, 0.25) is 0 Å². The van der Waals surface area contributed by atoms with Gasteiger partial charge in [-0.15, -0.1) is 0 Å². The summed E-state index contributed by atoms with van der Waals surface area (Å²) >= 11 is 1.70. The highest BCUT2D eigenvalue weighted by molar-refractivity contribution is 7.22. The lowest BCUT2D eigenvalue weighted by Gasteiger charge is -2.09. The van der Waals surface area contributed by atoms with Crippen molar-refractivity contribution in [3.63, 3.8) is 0 Å². The minimum Gasteiger partial charge on any atom is -0.491 e. The maximum absolute atomic E-state index is 5.86. The van der Waals surface area contributed by atoms with Crippen molar-refractivity contribution in [3.05, 3.63) is 17.2 Å². The van der Waals surface area contributed by atoms with Crippen molar-refractivity contribution >= 4 is 26.7 Å². The predicted octanol–water partition coefficient (Wildman–Crippen LogP) is 4.13. The maximum Gasteiger partial charge on any atom is 0.183 e. The van der Waals surface area contributed by atoms with Crippen LogP contribution in [-0.2, 0) is 0 Å². The van der Waals surface area contributed by atoms with Crippen LogP contribution in [0.5, 0.6) is 5.75 Å². The molecule has 0 unspecified atom stereocenters. The second-order valence-corrected chi connectivity index (χ2v) is 5.41. The third-order valence-electron chi connectivity index (χ3n) is 2.77. The molecule has 98 valence electrons. The number of benzene rings is 1. The number of nitrogens with zero attached hydrogens (tertiary/aromatic N) is 1. The standard InChI is InChI=1S/C14H20N2OS/c1-5-7-17-12-9(3)8-10(4)13-11(12)16-14(18-13)15-6-2/h8H,5-7H2,1-4H3,(H,15,16). The molecule has 0 spiro atoms. The molecular weight excluding hydrogens is 244 g/mol. The van der Waals surface area contributed by atoms with Gasteiger partial charge >= 0.3 is 0 Å². The molecule has 18 heavy (non-hydrogen) atoms. The molecule has 0 aliphatic carbocycles. The van der Waals surface area contributed by atoms with Gasteiger partial charge in [-0.3, -0.25) is 0 Å². The predicted molar refractivity (Wildman–Crippen MR) is 79.0 cm³/mol. The zero-order valence-corrected chi connectivity index (χ0v) is 12.3. The number of thiazole rings is 1. The first-order chi connectivity index (χ1) is 8.67. The molecule has 0 aliphatic rings. The monoisotopic (exact) mass is 264 g/mol. The number of anilines is 1. The first kappa shape index (κ1) is 13.1. The van der Waals surface area contributed by atoms with Crippen molar-refractivity contribution in [2.45, 2.75) is 34.1 Å². The van der Waals surface area contributed by atoms with Crippen LogP contribution in [-0.4, -0.2) is 18.1 Å². The third-order valence-corrected chi connectivity index (χ3v) is 3.92. The maximum atomic E-state index is 5.86. The summed E-state index contributed by atoms with van der Waals surface area (Å²) in [6, 6.07) is 2.18. The Hall–Kier alpha value is -1.29. The van der Waals surface area contributed by atoms with E-state index < -0.39 is 0 Å². The molecule has 1 heterocycles. The van der Waals surface area contributed by atoms with Crippen LogP contribution in [0.1, 0.15) is 31.4 Å². The van der Waals surface area contributed by atoms with E-state index in [2.05, 4.69) is 44.1 Å². The average molecular weight is 264 g/mol. The first-order valence-corrected chi connectivity index (χ1v) is 7.26. The quantitative estimate of drug-likeness (QED) is 0.881. The van der Waals surface area contributed by atoms with Crippen LogP contribution in [0, 0.1) is 13.8 Å². The van der Waals surface area contributed by atoms with Gasteiger partial charge in [-0.25, -0.2) is 4.98 Å². The molecule has 4 heteroatoms. The van der Waals surface area contributed by atoms with Crippen molar-refractivity contribution in [2.24, 2.45) is 0 Å². The number of ether oxygens (including phenoxy) is 1. The number of aromatic nitrogens is 1. The van der Waals surface area contributed by atoms with Crippen molar-refractivity contribution < 1.29 is 4.74 Å². The molecule has 0 atom stereocenters. The fourth-order valence-electron chi connectivity index (χ4n) is 2.00. The van der Waals surface area contributed by atoms with Gasteiger partial charge in [0.05, 0.1) is 11.3 Å². The van der Waals surface area contributed by atoms with Crippen LogP contribution in [0.4, 0.5) is 5.13 Å². The molecule has 0 saturated carbocycles. The molecule has 1 aromatic heterocycles. The summed E-state index contributed by atoms with van der Waals surface area (Å²) in [5, 5.41) is 4.25. The summed E-state index contributed by atoms with van der Waals surface area (Å²) in [5.41, 5.74) is 3.44. The van der Waals surface area contributed by atoms with Crippen LogP contribution >= 0.6 is 11.3 Å². The number of aryl methyl sites for hydroxylation is 2. The van der Waals surface area contributed by atoms with Crippen LogP contribution in [0.25, 0.3) is 10.2 Å². The van der Waals surface area contributed by atoms with Gasteiger partial charge < -0.3 is 10.1 Å². The van der Waals surface area contributed by atoms with Crippen LogP contribution < -0.4 is 10.1 Å². The van der Waals surface area contributed by atoms with E-state index in [9.17, 15) is 0 Å². The molecule has 2 aromatic rings. The Labute approximate surface area is 112 Å². The van der Waals surface area contributed by atoms with Crippen molar-refractivity contribution in [1.82, 2.24) is 4.98 Å². The Morgan fingerprint density at radius 2 is 2.06 bits per heavy atom. The Bertz CT molecular complexity index is 548. The van der Waals surface area contributed by atoms with Gasteiger partial charge in [-0.1, -0.05) is 24.3 Å². The third kappa shape index (κ3) is 2.43. The number of hydrogen-bond donors (Lipinski definition) is 1. The van der Waals surface area contributed by atoms with E-state index in [0.717, 1.165) is 36.0 Å². The lowest BCUT2D eigenvalue weighted by Crippen LogP contribution is -1.99. The van der Waals surface area contributed by atoms with E-state index in [1.54, 1.807) is 11.3 Å². The Morgan fingerprint density at radius 1 is 1.28 bits per heavy atom. The molecule has 0 aliphatic heterocycles. The van der Waals surface area contributed by atoms with Gasteiger partial charge in [0.1, 0.15) is 11.3 Å². The molecule has 0 fully saturated rings. The molecule has 1 N–H and O–H groups in total. The van der Waals surface area contributed by atoms with Gasteiger partial charge in [0.25, 0.3) is 0 Å². The van der Waals surface area contributed by atoms with E-state index >= 15 is 0 Å². The molecule has 3 nitrogen and oxygen atoms in total. The summed E-state index contributed by atoms with van der Waals surface area (Å²) in [5.74, 6) is 0.942. The van der Waals surface area contributed by atoms with E-state index in [-0.39, 0.29) is 0 Å². The molecule has 0 radical (unpaired) electrons. The topological polar surface area (TPSA) is 34.1 Å². The SMILES string of the molecule is CCCOc1c(C)cc(C)c2sc(NCC)nc12. The van der Waals surface area contributed by atoms with Gasteiger partial charge in [0.15, 0.2) is 5.13 Å². The first-order valence-electron chi connectivity index (χ1n) is 6.44. The highest BCUT2D eigenvalue weighted by Gasteiger charge is 2.14. The lowest BCUT2D eigenvalue weighted by molar-refractivity contribution is 0.318.